The maximum absolute atomic E-state index is 12.1. The second-order valence-corrected chi connectivity index (χ2v) is 14.2. The van der Waals surface area contributed by atoms with Crippen molar-refractivity contribution in [2.45, 2.75) is 26.2 Å². The van der Waals surface area contributed by atoms with Gasteiger partial charge in [0.25, 0.3) is 0 Å². The Morgan fingerprint density at radius 3 is 1.65 bits per heavy atom. The highest BCUT2D eigenvalue weighted by Gasteiger charge is 2.42. The number of aryl methyl sites for hydroxylation is 1. The number of phenolic OH excluding ortho intramolecular Hbond substituents is 1. The largest absolute Gasteiger partial charge is 0.507 e. The zero-order valence-corrected chi connectivity index (χ0v) is 30.1. The maximum Gasteiger partial charge on any atom is 0.219 e. The maximum atomic E-state index is 12.1. The van der Waals surface area contributed by atoms with Gasteiger partial charge in [-0.3, -0.25) is 0 Å². The van der Waals surface area contributed by atoms with E-state index in [1.165, 1.54) is 22.5 Å². The highest BCUT2D eigenvalue weighted by molar-refractivity contribution is 6.05. The second kappa shape index (κ2) is 13.4. The predicted molar refractivity (Wildman–Crippen MR) is 215 cm³/mol. The molecule has 8 rings (SSSR count). The van der Waals surface area contributed by atoms with Crippen LogP contribution < -0.4 is 4.57 Å². The smallest absolute Gasteiger partial charge is 0.219 e. The number of benzene rings is 6. The van der Waals surface area contributed by atoms with Crippen LogP contribution in [-0.2, 0) is 5.41 Å². The Hall–Kier alpha value is -6.32. The van der Waals surface area contributed by atoms with E-state index in [1.807, 2.05) is 18.2 Å². The first kappa shape index (κ1) is 32.9. The van der Waals surface area contributed by atoms with E-state index in [0.717, 1.165) is 56.0 Å². The van der Waals surface area contributed by atoms with E-state index >= 15 is 0 Å². The zero-order chi connectivity index (χ0) is 35.8. The fourth-order valence-corrected chi connectivity index (χ4v) is 7.63. The number of hydrogen-bond donors (Lipinski definition) is 1. The molecule has 2 heterocycles. The van der Waals surface area contributed by atoms with E-state index in [2.05, 4.69) is 195 Å². The van der Waals surface area contributed by atoms with Gasteiger partial charge in [-0.1, -0.05) is 115 Å². The van der Waals surface area contributed by atoms with Crippen LogP contribution in [0.25, 0.3) is 56.5 Å². The number of allylic oxidation sites excluding steroid dienone is 1. The lowest BCUT2D eigenvalue weighted by molar-refractivity contribution is -0.572. The van der Waals surface area contributed by atoms with Crippen molar-refractivity contribution in [1.29, 1.82) is 0 Å². The SMILES string of the molecule is Cc1ccc(-c2cc(-c3ccccc3)[n+](-c3cc(/C=C\C4=[N+](C)c5ccccc5C4(C)C)c(O)c(-c4ccccc4)c3)c(-c3ccccc3)c2)cc1. The number of para-hydroxylation sites is 1. The number of fused-ring (bicyclic) bond motifs is 1. The summed E-state index contributed by atoms with van der Waals surface area (Å²) in [6, 6.07) is 57.5. The molecule has 7 aromatic rings. The second-order valence-electron chi connectivity index (χ2n) is 14.2. The Morgan fingerprint density at radius 1 is 0.538 bits per heavy atom. The van der Waals surface area contributed by atoms with Crippen molar-refractivity contribution >= 4 is 17.5 Å². The summed E-state index contributed by atoms with van der Waals surface area (Å²) in [5, 5.41) is 12.1. The Labute approximate surface area is 306 Å². The summed E-state index contributed by atoms with van der Waals surface area (Å²) >= 11 is 0. The van der Waals surface area contributed by atoms with Gasteiger partial charge < -0.3 is 5.11 Å². The van der Waals surface area contributed by atoms with E-state index < -0.39 is 0 Å². The number of rotatable bonds is 7. The average molecular weight is 675 g/mol. The molecular weight excluding hydrogens is 633 g/mol. The summed E-state index contributed by atoms with van der Waals surface area (Å²) in [5.41, 5.74) is 14.7. The minimum atomic E-state index is -0.196. The van der Waals surface area contributed by atoms with Crippen molar-refractivity contribution < 1.29 is 14.2 Å². The number of hydrogen-bond acceptors (Lipinski definition) is 1. The van der Waals surface area contributed by atoms with E-state index in [0.29, 0.717) is 0 Å². The summed E-state index contributed by atoms with van der Waals surface area (Å²) in [6.45, 7) is 6.66. The first-order valence-electron chi connectivity index (χ1n) is 17.9. The molecule has 0 spiro atoms. The molecule has 1 aliphatic heterocycles. The molecule has 0 saturated carbocycles. The fourth-order valence-electron chi connectivity index (χ4n) is 7.63. The van der Waals surface area contributed by atoms with Crippen LogP contribution in [-0.4, -0.2) is 22.4 Å². The van der Waals surface area contributed by atoms with Crippen LogP contribution in [0.1, 0.15) is 30.5 Å². The Balaban J connectivity index is 1.41. The van der Waals surface area contributed by atoms with Crippen LogP contribution in [0.3, 0.4) is 0 Å². The lowest BCUT2D eigenvalue weighted by Gasteiger charge is -2.16. The van der Waals surface area contributed by atoms with E-state index in [-0.39, 0.29) is 11.2 Å². The van der Waals surface area contributed by atoms with Gasteiger partial charge in [-0.05, 0) is 67.8 Å². The number of phenols is 1. The van der Waals surface area contributed by atoms with Crippen molar-refractivity contribution in [3.05, 3.63) is 187 Å². The normalized spacial score (nSPS) is 13.5. The lowest BCUT2D eigenvalue weighted by Crippen LogP contribution is -2.36. The Morgan fingerprint density at radius 2 is 1.08 bits per heavy atom. The summed E-state index contributed by atoms with van der Waals surface area (Å²) in [6.07, 6.45) is 4.26. The van der Waals surface area contributed by atoms with Crippen LogP contribution in [0.15, 0.2) is 170 Å². The van der Waals surface area contributed by atoms with Crippen LogP contribution >= 0.6 is 0 Å². The molecule has 6 aromatic carbocycles. The van der Waals surface area contributed by atoms with Crippen molar-refractivity contribution in [1.82, 2.24) is 0 Å². The van der Waals surface area contributed by atoms with Gasteiger partial charge in [-0.25, -0.2) is 0 Å². The summed E-state index contributed by atoms with van der Waals surface area (Å²) < 4.78 is 4.62. The molecule has 0 bridgehead atoms. The zero-order valence-electron chi connectivity index (χ0n) is 30.1. The summed E-state index contributed by atoms with van der Waals surface area (Å²) in [7, 11) is 2.13. The van der Waals surface area contributed by atoms with Gasteiger partial charge in [0.05, 0.1) is 5.41 Å². The Bertz CT molecular complexity index is 2420. The van der Waals surface area contributed by atoms with Gasteiger partial charge in [0.1, 0.15) is 12.8 Å². The highest BCUT2D eigenvalue weighted by atomic mass is 16.3. The monoisotopic (exact) mass is 674 g/mol. The van der Waals surface area contributed by atoms with Gasteiger partial charge in [0.15, 0.2) is 5.71 Å². The number of pyridine rings is 1. The van der Waals surface area contributed by atoms with Crippen molar-refractivity contribution in [2.24, 2.45) is 0 Å². The van der Waals surface area contributed by atoms with Crippen molar-refractivity contribution in [2.75, 3.05) is 7.05 Å². The molecule has 1 aliphatic rings. The third-order valence-electron chi connectivity index (χ3n) is 10.4. The molecule has 1 aromatic heterocycles. The molecule has 0 unspecified atom stereocenters. The Kier molecular flexibility index (Phi) is 8.48. The van der Waals surface area contributed by atoms with Gasteiger partial charge in [-0.2, -0.15) is 9.14 Å². The van der Waals surface area contributed by atoms with Crippen LogP contribution in [0.2, 0.25) is 0 Å². The molecule has 0 radical (unpaired) electrons. The molecule has 0 aliphatic carbocycles. The fraction of sp³-hybridized carbons (Fsp3) is 0.102. The predicted octanol–water partition coefficient (Wildman–Crippen LogP) is 11.4. The molecule has 0 saturated heterocycles. The molecule has 3 heteroatoms. The minimum absolute atomic E-state index is 0.196. The molecule has 0 atom stereocenters. The number of aromatic nitrogens is 1. The lowest BCUT2D eigenvalue weighted by atomic mass is 9.81. The van der Waals surface area contributed by atoms with E-state index in [9.17, 15) is 5.11 Å². The number of aromatic hydroxyl groups is 1. The molecule has 0 amide bonds. The molecule has 0 fully saturated rings. The van der Waals surface area contributed by atoms with E-state index in [4.69, 9.17) is 0 Å². The van der Waals surface area contributed by atoms with Gasteiger partial charge in [0.2, 0.25) is 22.8 Å². The highest BCUT2D eigenvalue weighted by Crippen LogP contribution is 2.41. The van der Waals surface area contributed by atoms with Gasteiger partial charge in [0, 0.05) is 64.2 Å². The first-order chi connectivity index (χ1) is 25.3. The van der Waals surface area contributed by atoms with E-state index in [1.54, 1.807) is 0 Å². The summed E-state index contributed by atoms with van der Waals surface area (Å²) in [5.74, 6) is 0.252. The van der Waals surface area contributed by atoms with Crippen molar-refractivity contribution in [3.63, 3.8) is 0 Å². The third kappa shape index (κ3) is 5.95. The molecule has 252 valence electrons. The summed E-state index contributed by atoms with van der Waals surface area (Å²) in [4.78, 5) is 0. The topological polar surface area (TPSA) is 27.1 Å². The average Bonchev–Trinajstić information content (AvgIpc) is 3.38. The quantitative estimate of drug-likeness (QED) is 0.167. The minimum Gasteiger partial charge on any atom is -0.507 e. The number of nitrogens with zero attached hydrogens (tertiary/aromatic N) is 2. The van der Waals surface area contributed by atoms with Crippen LogP contribution in [0, 0.1) is 6.92 Å². The third-order valence-corrected chi connectivity index (χ3v) is 10.4. The van der Waals surface area contributed by atoms with Crippen LogP contribution in [0.5, 0.6) is 5.75 Å². The standard InChI is InChI=1S/C49H41N2O/c1-34-24-26-35(27-25-34)40-31-45(37-18-10-6-11-19-37)51(46(32-40)38-20-12-7-13-21-38)41-30-39(48(52)42(33-41)36-16-8-5-9-17-36)28-29-47-49(2,3)43-22-14-15-23-44(43)50(47)4/h5-33H,1-4H3/q+1/p+1. The first-order valence-corrected chi connectivity index (χ1v) is 17.9. The van der Waals surface area contributed by atoms with Gasteiger partial charge >= 0.3 is 0 Å². The molecule has 1 N–H and O–H groups in total. The van der Waals surface area contributed by atoms with Crippen molar-refractivity contribution in [3.8, 4) is 56.2 Å². The van der Waals surface area contributed by atoms with Gasteiger partial charge in [-0.15, -0.1) is 0 Å². The van der Waals surface area contributed by atoms with Crippen LogP contribution in [0.4, 0.5) is 5.69 Å². The molecular formula is C49H42N2O+2. The molecule has 52 heavy (non-hydrogen) atoms. The molecule has 3 nitrogen and oxygen atoms in total.